The smallest absolute Gasteiger partial charge is 0.227 e. The van der Waals surface area contributed by atoms with Crippen molar-refractivity contribution in [1.29, 1.82) is 0 Å². The zero-order chi connectivity index (χ0) is 10.8. The van der Waals surface area contributed by atoms with Gasteiger partial charge in [0, 0.05) is 19.8 Å². The van der Waals surface area contributed by atoms with Gasteiger partial charge in [0.15, 0.2) is 0 Å². The minimum absolute atomic E-state index is 0.0180. The summed E-state index contributed by atoms with van der Waals surface area (Å²) >= 11 is 0. The van der Waals surface area contributed by atoms with Crippen LogP contribution in [-0.2, 0) is 14.3 Å². The maximum absolute atomic E-state index is 11.0. The minimum Gasteiger partial charge on any atom is -0.381 e. The van der Waals surface area contributed by atoms with E-state index in [0.717, 1.165) is 19.4 Å². The number of ether oxygens (including phenoxy) is 1. The third-order valence-electron chi connectivity index (χ3n) is 1.55. The average Bonchev–Trinajstić information content (AvgIpc) is 2.10. The van der Waals surface area contributed by atoms with Crippen molar-refractivity contribution < 1.29 is 14.3 Å². The van der Waals surface area contributed by atoms with Crippen molar-refractivity contribution in [3.8, 4) is 0 Å². The van der Waals surface area contributed by atoms with Gasteiger partial charge in [0.1, 0.15) is 5.78 Å². The van der Waals surface area contributed by atoms with E-state index < -0.39 is 0 Å². The molecule has 0 aliphatic carbocycles. The molecule has 0 aromatic carbocycles. The molecule has 0 saturated heterocycles. The molecule has 14 heavy (non-hydrogen) atoms. The lowest BCUT2D eigenvalue weighted by atomic mass is 10.3. The van der Waals surface area contributed by atoms with Gasteiger partial charge in [-0.05, 0) is 19.8 Å². The van der Waals surface area contributed by atoms with Crippen LogP contribution >= 0.6 is 0 Å². The molecule has 0 aliphatic rings. The van der Waals surface area contributed by atoms with Crippen LogP contribution in [0.25, 0.3) is 0 Å². The topological polar surface area (TPSA) is 55.4 Å². The number of hydrogen-bond acceptors (Lipinski definition) is 3. The molecule has 0 aromatic heterocycles. The number of carbonyl (C=O) groups excluding carboxylic acids is 2. The second-order valence-electron chi connectivity index (χ2n) is 3.19. The van der Waals surface area contributed by atoms with Gasteiger partial charge in [0.2, 0.25) is 5.91 Å². The Morgan fingerprint density at radius 1 is 1.29 bits per heavy atom. The van der Waals surface area contributed by atoms with E-state index >= 15 is 0 Å². The van der Waals surface area contributed by atoms with Crippen LogP contribution in [0.5, 0.6) is 0 Å². The second kappa shape index (κ2) is 8.69. The molecule has 0 radical (unpaired) electrons. The largest absolute Gasteiger partial charge is 0.381 e. The quantitative estimate of drug-likeness (QED) is 0.469. The lowest BCUT2D eigenvalue weighted by Crippen LogP contribution is -2.26. The summed E-state index contributed by atoms with van der Waals surface area (Å²) in [5, 5.41) is 2.65. The van der Waals surface area contributed by atoms with E-state index in [0.29, 0.717) is 13.2 Å². The first-order valence-corrected chi connectivity index (χ1v) is 5.00. The number of nitrogens with one attached hydrogen (secondary N) is 1. The van der Waals surface area contributed by atoms with Crippen molar-refractivity contribution in [3.05, 3.63) is 0 Å². The molecule has 0 aromatic rings. The molecule has 0 saturated carbocycles. The molecule has 4 nitrogen and oxygen atoms in total. The number of carbonyl (C=O) groups is 2. The fourth-order valence-electron chi connectivity index (χ4n) is 0.937. The first kappa shape index (κ1) is 13.1. The highest BCUT2D eigenvalue weighted by Crippen LogP contribution is 1.85. The Labute approximate surface area is 85.0 Å². The van der Waals surface area contributed by atoms with E-state index in [1.165, 1.54) is 6.92 Å². The third-order valence-corrected chi connectivity index (χ3v) is 1.55. The summed E-state index contributed by atoms with van der Waals surface area (Å²) < 4.78 is 5.23. The van der Waals surface area contributed by atoms with Gasteiger partial charge in [0.05, 0.1) is 6.42 Å². The molecule has 0 atom stereocenters. The van der Waals surface area contributed by atoms with Crippen LogP contribution in [0.2, 0.25) is 0 Å². The summed E-state index contributed by atoms with van der Waals surface area (Å²) in [6, 6.07) is 0. The Morgan fingerprint density at radius 3 is 2.57 bits per heavy atom. The van der Waals surface area contributed by atoms with Gasteiger partial charge in [0.25, 0.3) is 0 Å². The monoisotopic (exact) mass is 201 g/mol. The van der Waals surface area contributed by atoms with Gasteiger partial charge in [-0.2, -0.15) is 0 Å². The van der Waals surface area contributed by atoms with Crippen molar-refractivity contribution in [2.24, 2.45) is 0 Å². The standard InChI is InChI=1S/C10H19NO3/c1-3-6-14-7-4-5-11-10(13)8-9(2)12/h3-8H2,1-2H3,(H,11,13). The van der Waals surface area contributed by atoms with Crippen LogP contribution < -0.4 is 5.32 Å². The summed E-state index contributed by atoms with van der Waals surface area (Å²) in [5.41, 5.74) is 0. The van der Waals surface area contributed by atoms with Crippen LogP contribution in [0, 0.1) is 0 Å². The first-order chi connectivity index (χ1) is 6.66. The Bertz CT molecular complexity index is 180. The Morgan fingerprint density at radius 2 is 2.00 bits per heavy atom. The normalized spacial score (nSPS) is 9.86. The first-order valence-electron chi connectivity index (χ1n) is 5.00. The third kappa shape index (κ3) is 9.19. The highest BCUT2D eigenvalue weighted by molar-refractivity contribution is 5.96. The molecular weight excluding hydrogens is 182 g/mol. The molecule has 1 amide bonds. The van der Waals surface area contributed by atoms with E-state index in [4.69, 9.17) is 4.74 Å². The van der Waals surface area contributed by atoms with Crippen LogP contribution in [0.15, 0.2) is 0 Å². The minimum atomic E-state index is -0.201. The van der Waals surface area contributed by atoms with E-state index in [9.17, 15) is 9.59 Å². The van der Waals surface area contributed by atoms with Crippen molar-refractivity contribution in [2.75, 3.05) is 19.8 Å². The maximum Gasteiger partial charge on any atom is 0.227 e. The summed E-state index contributed by atoms with van der Waals surface area (Å²) in [4.78, 5) is 21.5. The van der Waals surface area contributed by atoms with Crippen LogP contribution in [0.4, 0.5) is 0 Å². The fourth-order valence-corrected chi connectivity index (χ4v) is 0.937. The van der Waals surface area contributed by atoms with E-state index in [1.807, 2.05) is 0 Å². The fraction of sp³-hybridized carbons (Fsp3) is 0.800. The van der Waals surface area contributed by atoms with Gasteiger partial charge < -0.3 is 10.1 Å². The average molecular weight is 201 g/mol. The van der Waals surface area contributed by atoms with Gasteiger partial charge in [-0.1, -0.05) is 6.92 Å². The predicted molar refractivity (Wildman–Crippen MR) is 54.0 cm³/mol. The molecule has 82 valence electrons. The summed E-state index contributed by atoms with van der Waals surface area (Å²) in [6.07, 6.45) is 1.79. The van der Waals surface area contributed by atoms with Gasteiger partial charge >= 0.3 is 0 Å². The molecule has 0 bridgehead atoms. The van der Waals surface area contributed by atoms with Crippen molar-refractivity contribution in [2.45, 2.75) is 33.1 Å². The number of amides is 1. The summed E-state index contributed by atoms with van der Waals surface area (Å²) in [6.45, 7) is 5.46. The molecule has 0 rings (SSSR count). The molecule has 0 heterocycles. The number of hydrogen-bond donors (Lipinski definition) is 1. The molecule has 4 heteroatoms. The van der Waals surface area contributed by atoms with Crippen molar-refractivity contribution in [3.63, 3.8) is 0 Å². The summed E-state index contributed by atoms with van der Waals surface area (Å²) in [7, 11) is 0. The maximum atomic E-state index is 11.0. The lowest BCUT2D eigenvalue weighted by Gasteiger charge is -2.04. The van der Waals surface area contributed by atoms with E-state index in [1.54, 1.807) is 0 Å². The SMILES string of the molecule is CCCOCCCNC(=O)CC(C)=O. The van der Waals surface area contributed by atoms with Crippen LogP contribution in [-0.4, -0.2) is 31.4 Å². The van der Waals surface area contributed by atoms with Gasteiger partial charge in [-0.25, -0.2) is 0 Å². The van der Waals surface area contributed by atoms with Crippen molar-refractivity contribution in [1.82, 2.24) is 5.32 Å². The molecule has 0 fully saturated rings. The molecule has 0 spiro atoms. The summed E-state index contributed by atoms with van der Waals surface area (Å²) in [5.74, 6) is -0.308. The zero-order valence-electron chi connectivity index (χ0n) is 8.97. The van der Waals surface area contributed by atoms with Gasteiger partial charge in [-0.15, -0.1) is 0 Å². The Hall–Kier alpha value is -0.900. The number of rotatable bonds is 8. The van der Waals surface area contributed by atoms with Gasteiger partial charge in [-0.3, -0.25) is 9.59 Å². The lowest BCUT2D eigenvalue weighted by molar-refractivity contribution is -0.127. The molecule has 0 unspecified atom stereocenters. The highest BCUT2D eigenvalue weighted by Gasteiger charge is 2.02. The van der Waals surface area contributed by atoms with E-state index in [-0.39, 0.29) is 18.1 Å². The molecule has 0 aliphatic heterocycles. The second-order valence-corrected chi connectivity index (χ2v) is 3.19. The van der Waals surface area contributed by atoms with Crippen molar-refractivity contribution >= 4 is 11.7 Å². The number of Topliss-reactive ketones (excluding diaryl/α,β-unsaturated/α-hetero) is 1. The van der Waals surface area contributed by atoms with E-state index in [2.05, 4.69) is 12.2 Å². The van der Waals surface area contributed by atoms with Crippen LogP contribution in [0.3, 0.4) is 0 Å². The molecule has 1 N–H and O–H groups in total. The number of ketones is 1. The van der Waals surface area contributed by atoms with Crippen LogP contribution in [0.1, 0.15) is 33.1 Å². The Balaban J connectivity index is 3.19. The molecular formula is C10H19NO3. The zero-order valence-corrected chi connectivity index (χ0v) is 8.97. The Kier molecular flexibility index (Phi) is 8.13. The predicted octanol–water partition coefficient (Wildman–Crippen LogP) is 0.898. The highest BCUT2D eigenvalue weighted by atomic mass is 16.5.